The fourth-order valence-electron chi connectivity index (χ4n) is 7.49. The molecule has 254 valence electrons. The minimum Gasteiger partial charge on any atom is -0.454 e. The Morgan fingerprint density at radius 3 is 1.25 bits per heavy atom. The molecule has 0 aliphatic heterocycles. The highest BCUT2D eigenvalue weighted by Crippen LogP contribution is 2.52. The number of hydrogen-bond acceptors (Lipinski definition) is 2. The van der Waals surface area contributed by atoms with Gasteiger partial charge in [0.05, 0.1) is 18.0 Å². The van der Waals surface area contributed by atoms with E-state index in [0.717, 1.165) is 43.9 Å². The molecule has 0 unspecified atom stereocenters. The molecule has 9 aromatic rings. The second-order valence-corrected chi connectivity index (χ2v) is 19.0. The molecule has 1 heterocycles. The molecule has 1 aromatic heterocycles. The molecule has 5 heteroatoms. The summed E-state index contributed by atoms with van der Waals surface area (Å²) in [5.74, 6) is 0. The first-order chi connectivity index (χ1) is 26.3. The van der Waals surface area contributed by atoms with Crippen molar-refractivity contribution >= 4 is 79.2 Å². The normalized spacial score (nSPS) is 11.8. The molecule has 9 rings (SSSR count). The highest BCUT2D eigenvalue weighted by atomic mass is 31.2. The summed E-state index contributed by atoms with van der Waals surface area (Å²) in [4.78, 5) is 0. The van der Waals surface area contributed by atoms with Crippen molar-refractivity contribution in [1.29, 1.82) is 0 Å². The summed E-state index contributed by atoms with van der Waals surface area (Å²) in [6, 6.07) is 77.5. The van der Waals surface area contributed by atoms with Gasteiger partial charge in [-0.1, -0.05) is 158 Å². The minimum absolute atomic E-state index is 0.870. The van der Waals surface area contributed by atoms with Crippen LogP contribution in [0.5, 0.6) is 0 Å². The Hall–Kier alpha value is -5.98. The molecule has 0 fully saturated rings. The number of nitrogens with one attached hydrogen (secondary N) is 1. The molecule has 0 spiro atoms. The number of hydrogen-bond donors (Lipinski definition) is 1. The van der Waals surface area contributed by atoms with Crippen molar-refractivity contribution in [3.8, 4) is 0 Å². The summed E-state index contributed by atoms with van der Waals surface area (Å²) in [6.07, 6.45) is 0. The predicted octanol–water partition coefficient (Wildman–Crippen LogP) is 9.29. The second kappa shape index (κ2) is 14.2. The molecule has 0 bridgehead atoms. The van der Waals surface area contributed by atoms with Crippen LogP contribution in [0.25, 0.3) is 21.9 Å². The van der Waals surface area contributed by atoms with Crippen LogP contribution in [0.2, 0.25) is 0 Å². The van der Waals surface area contributed by atoms with E-state index in [0.29, 0.717) is 0 Å². The average Bonchev–Trinajstić information content (AvgIpc) is 3.63. The smallest absolute Gasteiger partial charge is 0.199 e. The van der Waals surface area contributed by atoms with Gasteiger partial charge >= 0.3 is 0 Å². The molecule has 0 amide bonds. The maximum atomic E-state index is 7.44. The molecular formula is C48H37N2OP2+. The van der Waals surface area contributed by atoms with Gasteiger partial charge in [-0.05, 0) is 48.5 Å². The van der Waals surface area contributed by atoms with Gasteiger partial charge < -0.3 is 4.42 Å². The number of furan rings is 1. The number of nitrogens with zero attached hydrogens (tertiary/aromatic N) is 1. The lowest BCUT2D eigenvalue weighted by Gasteiger charge is -2.27. The Labute approximate surface area is 310 Å². The van der Waals surface area contributed by atoms with E-state index in [4.69, 9.17) is 9.16 Å². The van der Waals surface area contributed by atoms with Gasteiger partial charge in [-0.15, -0.1) is 0 Å². The molecule has 0 aliphatic carbocycles. The van der Waals surface area contributed by atoms with Crippen molar-refractivity contribution in [3.63, 3.8) is 0 Å². The SMILES string of the molecule is c1ccc(N=P(c2ccccc2)(c2ccccc2)c2cccc3c2oc2c(P(=[NH+]c4ccccc4)(c4ccccc4)c4ccccc4)cccc23)cc1. The Morgan fingerprint density at radius 2 is 0.755 bits per heavy atom. The van der Waals surface area contributed by atoms with Crippen LogP contribution in [0.4, 0.5) is 11.4 Å². The summed E-state index contributed by atoms with van der Waals surface area (Å²) in [7, 11) is -5.24. The van der Waals surface area contributed by atoms with Crippen molar-refractivity contribution in [3.05, 3.63) is 218 Å². The summed E-state index contributed by atoms with van der Waals surface area (Å²) in [6.45, 7) is 0. The van der Waals surface area contributed by atoms with Gasteiger partial charge in [-0.3, -0.25) is 4.74 Å². The molecule has 0 saturated heterocycles. The maximum Gasteiger partial charge on any atom is 0.199 e. The zero-order chi connectivity index (χ0) is 35.5. The number of para-hydroxylation sites is 3. The van der Waals surface area contributed by atoms with E-state index in [1.54, 1.807) is 0 Å². The summed E-state index contributed by atoms with van der Waals surface area (Å²) in [5.41, 5.74) is 3.75. The molecule has 0 aliphatic rings. The van der Waals surface area contributed by atoms with Crippen molar-refractivity contribution in [2.24, 2.45) is 4.74 Å². The third-order valence-electron chi connectivity index (χ3n) is 9.83. The van der Waals surface area contributed by atoms with Gasteiger partial charge in [0.1, 0.15) is 11.2 Å². The third-order valence-corrected chi connectivity index (χ3v) is 17.3. The highest BCUT2D eigenvalue weighted by Gasteiger charge is 2.38. The van der Waals surface area contributed by atoms with E-state index in [1.165, 1.54) is 21.2 Å². The number of rotatable bonds is 8. The number of fused-ring (bicyclic) bond motifs is 3. The van der Waals surface area contributed by atoms with Gasteiger partial charge in [0.15, 0.2) is 12.7 Å². The lowest BCUT2D eigenvalue weighted by Crippen LogP contribution is -2.65. The summed E-state index contributed by atoms with van der Waals surface area (Å²) >= 11 is 0. The van der Waals surface area contributed by atoms with Gasteiger partial charge in [0.25, 0.3) is 0 Å². The van der Waals surface area contributed by atoms with E-state index in [2.05, 4.69) is 217 Å². The van der Waals surface area contributed by atoms with Crippen molar-refractivity contribution in [1.82, 2.24) is 0 Å². The maximum absolute atomic E-state index is 7.44. The lowest BCUT2D eigenvalue weighted by molar-refractivity contribution is -0.326. The van der Waals surface area contributed by atoms with E-state index >= 15 is 0 Å². The zero-order valence-corrected chi connectivity index (χ0v) is 30.8. The van der Waals surface area contributed by atoms with Crippen molar-refractivity contribution in [2.75, 3.05) is 0 Å². The Bertz CT molecular complexity index is 2490. The van der Waals surface area contributed by atoms with Crippen LogP contribution in [0.15, 0.2) is 228 Å². The average molecular weight is 720 g/mol. The first-order valence-corrected chi connectivity index (χ1v) is 21.4. The van der Waals surface area contributed by atoms with Crippen LogP contribution in [0.3, 0.4) is 0 Å². The quantitative estimate of drug-likeness (QED) is 0.156. The van der Waals surface area contributed by atoms with Crippen LogP contribution < -0.4 is 36.6 Å². The molecule has 0 atom stereocenters. The van der Waals surface area contributed by atoms with E-state index in [-0.39, 0.29) is 0 Å². The monoisotopic (exact) mass is 719 g/mol. The molecule has 1 N–H and O–H groups in total. The third kappa shape index (κ3) is 5.80. The van der Waals surface area contributed by atoms with E-state index < -0.39 is 14.1 Å². The zero-order valence-electron chi connectivity index (χ0n) is 29.0. The Morgan fingerprint density at radius 1 is 0.358 bits per heavy atom. The van der Waals surface area contributed by atoms with Crippen LogP contribution in [-0.4, -0.2) is 0 Å². The van der Waals surface area contributed by atoms with Gasteiger partial charge in [-0.25, -0.2) is 4.74 Å². The molecule has 0 radical (unpaired) electrons. The topological polar surface area (TPSA) is 39.5 Å². The fourth-order valence-corrected chi connectivity index (χ4v) is 14.9. The molecule has 8 aromatic carbocycles. The Kier molecular flexibility index (Phi) is 8.82. The van der Waals surface area contributed by atoms with Crippen LogP contribution in [0.1, 0.15) is 0 Å². The largest absolute Gasteiger partial charge is 0.454 e. The van der Waals surface area contributed by atoms with Gasteiger partial charge in [-0.2, -0.15) is 0 Å². The Balaban J connectivity index is 1.44. The molecule has 3 nitrogen and oxygen atoms in total. The van der Waals surface area contributed by atoms with E-state index in [1.807, 2.05) is 6.07 Å². The van der Waals surface area contributed by atoms with Crippen molar-refractivity contribution in [2.45, 2.75) is 0 Å². The first-order valence-electron chi connectivity index (χ1n) is 17.8. The minimum atomic E-state index is -2.68. The van der Waals surface area contributed by atoms with Crippen molar-refractivity contribution < 1.29 is 9.16 Å². The highest BCUT2D eigenvalue weighted by molar-refractivity contribution is 7.88. The van der Waals surface area contributed by atoms with Crippen LogP contribution in [0, 0.1) is 0 Å². The fraction of sp³-hybridized carbons (Fsp3) is 0. The lowest BCUT2D eigenvalue weighted by atomic mass is 10.1. The predicted molar refractivity (Wildman–Crippen MR) is 227 cm³/mol. The molecule has 0 saturated carbocycles. The van der Waals surface area contributed by atoms with Crippen LogP contribution >= 0.6 is 14.1 Å². The second-order valence-electron chi connectivity index (χ2n) is 13.0. The molecular weight excluding hydrogens is 682 g/mol. The van der Waals surface area contributed by atoms with E-state index in [9.17, 15) is 0 Å². The van der Waals surface area contributed by atoms with Gasteiger partial charge in [0, 0.05) is 49.4 Å². The van der Waals surface area contributed by atoms with Crippen LogP contribution in [-0.2, 0) is 0 Å². The number of benzene rings is 8. The summed E-state index contributed by atoms with van der Waals surface area (Å²) in [5, 5.41) is 9.19. The summed E-state index contributed by atoms with van der Waals surface area (Å²) < 4.78 is 17.4. The van der Waals surface area contributed by atoms with Gasteiger partial charge in [0.2, 0.25) is 0 Å². The standard InChI is InChI=1S/C48H36N2OP2/c1-7-21-37(22-8-1)49-52(39-25-11-3-12-26-39,40-27-13-4-14-28-40)45-35-19-33-43-44-34-20-36-46(48(44)51-47(43)45)53(41-29-15-5-16-30-41,42-31-17-6-18-32-42)50-38-23-9-2-10-24-38/h1-36H/p+1. The first kappa shape index (κ1) is 32.9. The molecule has 53 heavy (non-hydrogen) atoms.